The van der Waals surface area contributed by atoms with Crippen LogP contribution in [0.3, 0.4) is 0 Å². The molecule has 2 rings (SSSR count). The van der Waals surface area contributed by atoms with Crippen molar-refractivity contribution in [1.29, 1.82) is 0 Å². The molecule has 1 saturated heterocycles. The van der Waals surface area contributed by atoms with Crippen LogP contribution in [0.4, 0.5) is 0 Å². The van der Waals surface area contributed by atoms with Crippen molar-refractivity contribution in [3.8, 4) is 0 Å². The lowest BCUT2D eigenvalue weighted by Crippen LogP contribution is -2.42. The van der Waals surface area contributed by atoms with Gasteiger partial charge in [0, 0.05) is 12.2 Å². The molecule has 2 heterocycles. The number of rotatable bonds is 2. The molecule has 0 atom stereocenters. The van der Waals surface area contributed by atoms with Gasteiger partial charge in [0.1, 0.15) is 5.69 Å². The Kier molecular flexibility index (Phi) is 3.71. The highest BCUT2D eigenvalue weighted by molar-refractivity contribution is 5.92. The Morgan fingerprint density at radius 3 is 2.67 bits per heavy atom. The van der Waals surface area contributed by atoms with Gasteiger partial charge in [-0.15, -0.1) is 0 Å². The fraction of sp³-hybridized carbons (Fsp3) is 0.692. The maximum atomic E-state index is 12.0. The van der Waals surface area contributed by atoms with Gasteiger partial charge in [-0.1, -0.05) is 0 Å². The van der Waals surface area contributed by atoms with Crippen LogP contribution < -0.4 is 10.6 Å². The molecule has 1 aromatic rings. The SMILES string of the molecule is CC(C)(C)n1ccc(C(=O)NC2CCNCC2)n1. The molecule has 0 aliphatic carbocycles. The Balaban J connectivity index is 1.98. The second-order valence-electron chi connectivity index (χ2n) is 5.81. The molecule has 0 spiro atoms. The highest BCUT2D eigenvalue weighted by atomic mass is 16.2. The highest BCUT2D eigenvalue weighted by Crippen LogP contribution is 2.13. The van der Waals surface area contributed by atoms with Gasteiger partial charge in [-0.25, -0.2) is 0 Å². The zero-order chi connectivity index (χ0) is 13.2. The van der Waals surface area contributed by atoms with Crippen LogP contribution in [0, 0.1) is 0 Å². The molecular weight excluding hydrogens is 228 g/mol. The van der Waals surface area contributed by atoms with E-state index in [0.29, 0.717) is 5.69 Å². The number of hydrogen-bond acceptors (Lipinski definition) is 3. The molecule has 1 aliphatic rings. The second-order valence-corrected chi connectivity index (χ2v) is 5.81. The Hall–Kier alpha value is -1.36. The number of carbonyl (C=O) groups excluding carboxylic acids is 1. The molecule has 0 radical (unpaired) electrons. The standard InChI is InChI=1S/C13H22N4O/c1-13(2,3)17-9-6-11(16-17)12(18)15-10-4-7-14-8-5-10/h6,9-10,14H,4-5,7-8H2,1-3H3,(H,15,18). The van der Waals surface area contributed by atoms with E-state index in [2.05, 4.69) is 36.5 Å². The summed E-state index contributed by atoms with van der Waals surface area (Å²) in [4.78, 5) is 12.0. The summed E-state index contributed by atoms with van der Waals surface area (Å²) in [6.07, 6.45) is 3.84. The van der Waals surface area contributed by atoms with Crippen LogP contribution in [0.2, 0.25) is 0 Å². The van der Waals surface area contributed by atoms with Gasteiger partial charge in [0.15, 0.2) is 0 Å². The van der Waals surface area contributed by atoms with E-state index < -0.39 is 0 Å². The highest BCUT2D eigenvalue weighted by Gasteiger charge is 2.20. The molecular formula is C13H22N4O. The molecule has 0 saturated carbocycles. The van der Waals surface area contributed by atoms with Crippen LogP contribution in [0.25, 0.3) is 0 Å². The second kappa shape index (κ2) is 5.10. The third-order valence-corrected chi connectivity index (χ3v) is 3.18. The summed E-state index contributed by atoms with van der Waals surface area (Å²) >= 11 is 0. The third kappa shape index (κ3) is 3.10. The Labute approximate surface area is 108 Å². The van der Waals surface area contributed by atoms with E-state index in [1.165, 1.54) is 0 Å². The minimum absolute atomic E-state index is 0.0649. The lowest BCUT2D eigenvalue weighted by atomic mass is 10.1. The van der Waals surface area contributed by atoms with Gasteiger partial charge in [-0.2, -0.15) is 5.10 Å². The average Bonchev–Trinajstić information content (AvgIpc) is 2.79. The van der Waals surface area contributed by atoms with Crippen LogP contribution in [-0.4, -0.2) is 34.8 Å². The van der Waals surface area contributed by atoms with Crippen molar-refractivity contribution in [2.45, 2.75) is 45.2 Å². The van der Waals surface area contributed by atoms with Gasteiger partial charge in [-0.05, 0) is 52.8 Å². The van der Waals surface area contributed by atoms with Gasteiger partial charge in [0.2, 0.25) is 0 Å². The van der Waals surface area contributed by atoms with Crippen molar-refractivity contribution in [3.63, 3.8) is 0 Å². The maximum absolute atomic E-state index is 12.0. The largest absolute Gasteiger partial charge is 0.348 e. The molecule has 1 fully saturated rings. The number of piperidine rings is 1. The molecule has 0 unspecified atom stereocenters. The average molecular weight is 250 g/mol. The fourth-order valence-electron chi connectivity index (χ4n) is 2.04. The summed E-state index contributed by atoms with van der Waals surface area (Å²) in [7, 11) is 0. The minimum Gasteiger partial charge on any atom is -0.348 e. The Bertz CT molecular complexity index is 413. The first-order chi connectivity index (χ1) is 8.47. The number of nitrogens with one attached hydrogen (secondary N) is 2. The molecule has 2 N–H and O–H groups in total. The van der Waals surface area contributed by atoms with E-state index >= 15 is 0 Å². The van der Waals surface area contributed by atoms with Gasteiger partial charge < -0.3 is 10.6 Å². The summed E-state index contributed by atoms with van der Waals surface area (Å²) < 4.78 is 1.82. The number of hydrogen-bond donors (Lipinski definition) is 2. The lowest BCUT2D eigenvalue weighted by molar-refractivity contribution is 0.0923. The number of aromatic nitrogens is 2. The fourth-order valence-corrected chi connectivity index (χ4v) is 2.04. The molecule has 0 bridgehead atoms. The summed E-state index contributed by atoms with van der Waals surface area (Å²) in [5, 5.41) is 10.7. The van der Waals surface area contributed by atoms with Crippen LogP contribution in [0.5, 0.6) is 0 Å². The van der Waals surface area contributed by atoms with Crippen molar-refractivity contribution < 1.29 is 4.79 Å². The summed E-state index contributed by atoms with van der Waals surface area (Å²) in [5.74, 6) is -0.0649. The first-order valence-electron chi connectivity index (χ1n) is 6.54. The van der Waals surface area contributed by atoms with Crippen molar-refractivity contribution in [3.05, 3.63) is 18.0 Å². The van der Waals surface area contributed by atoms with Crippen molar-refractivity contribution >= 4 is 5.91 Å². The Morgan fingerprint density at radius 1 is 1.44 bits per heavy atom. The Morgan fingerprint density at radius 2 is 2.11 bits per heavy atom. The molecule has 100 valence electrons. The van der Waals surface area contributed by atoms with Crippen LogP contribution >= 0.6 is 0 Å². The first-order valence-corrected chi connectivity index (χ1v) is 6.54. The van der Waals surface area contributed by atoms with Gasteiger partial charge in [0.25, 0.3) is 5.91 Å². The van der Waals surface area contributed by atoms with E-state index in [-0.39, 0.29) is 17.5 Å². The monoisotopic (exact) mass is 250 g/mol. The zero-order valence-corrected chi connectivity index (χ0v) is 11.4. The normalized spacial score (nSPS) is 17.7. The van der Waals surface area contributed by atoms with E-state index in [0.717, 1.165) is 25.9 Å². The molecule has 5 heteroatoms. The van der Waals surface area contributed by atoms with Crippen LogP contribution in [0.15, 0.2) is 12.3 Å². The number of carbonyl (C=O) groups is 1. The number of amides is 1. The van der Waals surface area contributed by atoms with Crippen molar-refractivity contribution in [1.82, 2.24) is 20.4 Å². The van der Waals surface area contributed by atoms with Crippen molar-refractivity contribution in [2.24, 2.45) is 0 Å². The third-order valence-electron chi connectivity index (χ3n) is 3.18. The molecule has 18 heavy (non-hydrogen) atoms. The molecule has 5 nitrogen and oxygen atoms in total. The first kappa shape index (κ1) is 13.1. The van der Waals surface area contributed by atoms with E-state index in [1.807, 2.05) is 10.9 Å². The van der Waals surface area contributed by atoms with Gasteiger partial charge in [0.05, 0.1) is 5.54 Å². The number of nitrogens with zero attached hydrogens (tertiary/aromatic N) is 2. The minimum atomic E-state index is -0.0900. The topological polar surface area (TPSA) is 59.0 Å². The van der Waals surface area contributed by atoms with E-state index in [4.69, 9.17) is 0 Å². The lowest BCUT2D eigenvalue weighted by Gasteiger charge is -2.23. The maximum Gasteiger partial charge on any atom is 0.271 e. The zero-order valence-electron chi connectivity index (χ0n) is 11.4. The summed E-state index contributed by atoms with van der Waals surface area (Å²) in [5.41, 5.74) is 0.413. The van der Waals surface area contributed by atoms with Crippen molar-refractivity contribution in [2.75, 3.05) is 13.1 Å². The summed E-state index contributed by atoms with van der Waals surface area (Å²) in [6.45, 7) is 8.14. The molecule has 1 amide bonds. The molecule has 1 aromatic heterocycles. The quantitative estimate of drug-likeness (QED) is 0.827. The van der Waals surface area contributed by atoms with E-state index in [9.17, 15) is 4.79 Å². The van der Waals surface area contributed by atoms with Gasteiger partial charge >= 0.3 is 0 Å². The van der Waals surface area contributed by atoms with Gasteiger partial charge in [-0.3, -0.25) is 9.48 Å². The summed E-state index contributed by atoms with van der Waals surface area (Å²) in [6, 6.07) is 2.06. The smallest absolute Gasteiger partial charge is 0.271 e. The van der Waals surface area contributed by atoms with Crippen LogP contribution in [0.1, 0.15) is 44.1 Å². The molecule has 0 aromatic carbocycles. The van der Waals surface area contributed by atoms with E-state index in [1.54, 1.807) is 6.07 Å². The predicted octanol–water partition coefficient (Wildman–Crippen LogP) is 1.12. The van der Waals surface area contributed by atoms with Crippen LogP contribution in [-0.2, 0) is 5.54 Å². The predicted molar refractivity (Wildman–Crippen MR) is 70.6 cm³/mol. The molecule has 1 aliphatic heterocycles.